The molecule has 0 bridgehead atoms. The fourth-order valence-corrected chi connectivity index (χ4v) is 2.74. The number of benzene rings is 2. The highest BCUT2D eigenvalue weighted by Crippen LogP contribution is 2.19. The van der Waals surface area contributed by atoms with Crippen LogP contribution < -0.4 is 15.4 Å². The SMILES string of the molecule is CCCCOc1ccc(C(=O)NCC(=O)Nc2ccc(Br)cc2C)cc1. The van der Waals surface area contributed by atoms with E-state index in [9.17, 15) is 9.59 Å². The van der Waals surface area contributed by atoms with Crippen LogP contribution >= 0.6 is 15.9 Å². The predicted octanol–water partition coefficient (Wildman–Crippen LogP) is 4.30. The summed E-state index contributed by atoms with van der Waals surface area (Å²) < 4.78 is 6.51. The van der Waals surface area contributed by atoms with Gasteiger partial charge in [0.1, 0.15) is 5.75 Å². The van der Waals surface area contributed by atoms with Crippen LogP contribution in [-0.2, 0) is 4.79 Å². The van der Waals surface area contributed by atoms with Crippen molar-refractivity contribution < 1.29 is 14.3 Å². The third-order valence-corrected chi connectivity index (χ3v) is 4.25. The molecule has 0 unspecified atom stereocenters. The Balaban J connectivity index is 1.82. The van der Waals surface area contributed by atoms with Crippen LogP contribution in [0.3, 0.4) is 0 Å². The van der Waals surface area contributed by atoms with Gasteiger partial charge in [0.05, 0.1) is 13.2 Å². The van der Waals surface area contributed by atoms with E-state index in [0.29, 0.717) is 12.2 Å². The summed E-state index contributed by atoms with van der Waals surface area (Å²) in [5, 5.41) is 5.41. The maximum atomic E-state index is 12.1. The molecule has 0 fully saturated rings. The predicted molar refractivity (Wildman–Crippen MR) is 107 cm³/mol. The average Bonchev–Trinajstić information content (AvgIpc) is 2.63. The van der Waals surface area contributed by atoms with E-state index in [1.807, 2.05) is 25.1 Å². The molecule has 6 heteroatoms. The largest absolute Gasteiger partial charge is 0.494 e. The van der Waals surface area contributed by atoms with Crippen LogP contribution in [0.25, 0.3) is 0 Å². The Bertz CT molecular complexity index is 760. The van der Waals surface area contributed by atoms with Crippen molar-refractivity contribution >= 4 is 33.4 Å². The van der Waals surface area contributed by atoms with E-state index in [2.05, 4.69) is 33.5 Å². The lowest BCUT2D eigenvalue weighted by atomic mass is 10.2. The van der Waals surface area contributed by atoms with E-state index in [4.69, 9.17) is 4.74 Å². The first-order valence-electron chi connectivity index (χ1n) is 8.56. The number of rotatable bonds is 8. The number of amides is 2. The van der Waals surface area contributed by atoms with Gasteiger partial charge in [0.2, 0.25) is 5.91 Å². The Morgan fingerprint density at radius 1 is 1.12 bits per heavy atom. The second kappa shape index (κ2) is 9.97. The number of carbonyl (C=O) groups excluding carboxylic acids is 2. The smallest absolute Gasteiger partial charge is 0.251 e. The third kappa shape index (κ3) is 6.19. The van der Waals surface area contributed by atoms with Gasteiger partial charge in [0, 0.05) is 15.7 Å². The molecular formula is C20H23BrN2O3. The molecule has 0 saturated carbocycles. The van der Waals surface area contributed by atoms with Crippen molar-refractivity contribution in [2.24, 2.45) is 0 Å². The van der Waals surface area contributed by atoms with E-state index in [1.165, 1.54) is 0 Å². The summed E-state index contributed by atoms with van der Waals surface area (Å²) >= 11 is 3.38. The molecule has 2 aromatic rings. The van der Waals surface area contributed by atoms with Crippen molar-refractivity contribution in [2.45, 2.75) is 26.7 Å². The monoisotopic (exact) mass is 418 g/mol. The topological polar surface area (TPSA) is 67.4 Å². The second-order valence-electron chi connectivity index (χ2n) is 5.92. The maximum Gasteiger partial charge on any atom is 0.251 e. The lowest BCUT2D eigenvalue weighted by Gasteiger charge is -2.10. The van der Waals surface area contributed by atoms with Gasteiger partial charge in [0.15, 0.2) is 0 Å². The van der Waals surface area contributed by atoms with Crippen molar-refractivity contribution in [3.05, 3.63) is 58.1 Å². The van der Waals surface area contributed by atoms with Crippen LogP contribution in [0.15, 0.2) is 46.9 Å². The molecule has 0 aliphatic rings. The number of halogens is 1. The number of hydrogen-bond donors (Lipinski definition) is 2. The molecule has 2 aromatic carbocycles. The fraction of sp³-hybridized carbons (Fsp3) is 0.300. The molecule has 0 saturated heterocycles. The van der Waals surface area contributed by atoms with Gasteiger partial charge < -0.3 is 15.4 Å². The Kier molecular flexibility index (Phi) is 7.66. The van der Waals surface area contributed by atoms with Gasteiger partial charge in [-0.2, -0.15) is 0 Å². The van der Waals surface area contributed by atoms with Gasteiger partial charge in [-0.3, -0.25) is 9.59 Å². The number of carbonyl (C=O) groups is 2. The Hall–Kier alpha value is -2.34. The van der Waals surface area contributed by atoms with E-state index in [-0.39, 0.29) is 18.4 Å². The first kappa shape index (κ1) is 20.0. The molecule has 2 amide bonds. The van der Waals surface area contributed by atoms with Crippen molar-refractivity contribution in [1.29, 1.82) is 0 Å². The molecule has 0 aliphatic heterocycles. The maximum absolute atomic E-state index is 12.1. The van der Waals surface area contributed by atoms with Crippen LogP contribution in [-0.4, -0.2) is 25.0 Å². The number of aryl methyl sites for hydroxylation is 1. The third-order valence-electron chi connectivity index (χ3n) is 3.76. The molecule has 2 rings (SSSR count). The molecule has 0 aromatic heterocycles. The summed E-state index contributed by atoms with van der Waals surface area (Å²) in [6.07, 6.45) is 2.07. The number of hydrogen-bond acceptors (Lipinski definition) is 3. The van der Waals surface area contributed by atoms with Crippen LogP contribution in [0.4, 0.5) is 5.69 Å². The zero-order chi connectivity index (χ0) is 18.9. The van der Waals surface area contributed by atoms with E-state index >= 15 is 0 Å². The highest BCUT2D eigenvalue weighted by atomic mass is 79.9. The van der Waals surface area contributed by atoms with Crippen molar-refractivity contribution in [2.75, 3.05) is 18.5 Å². The molecule has 2 N–H and O–H groups in total. The standard InChI is InChI=1S/C20H23BrN2O3/c1-3-4-11-26-17-8-5-15(6-9-17)20(25)22-13-19(24)23-18-10-7-16(21)12-14(18)2/h5-10,12H,3-4,11,13H2,1-2H3,(H,22,25)(H,23,24). The number of nitrogens with one attached hydrogen (secondary N) is 2. The highest BCUT2D eigenvalue weighted by molar-refractivity contribution is 9.10. The first-order chi connectivity index (χ1) is 12.5. The van der Waals surface area contributed by atoms with Gasteiger partial charge in [-0.15, -0.1) is 0 Å². The van der Waals surface area contributed by atoms with Gasteiger partial charge in [0.25, 0.3) is 5.91 Å². The first-order valence-corrected chi connectivity index (χ1v) is 9.36. The van der Waals surface area contributed by atoms with Crippen LogP contribution in [0.2, 0.25) is 0 Å². The summed E-state index contributed by atoms with van der Waals surface area (Å²) in [5.74, 6) is 0.162. The Morgan fingerprint density at radius 3 is 2.50 bits per heavy atom. The molecular weight excluding hydrogens is 396 g/mol. The second-order valence-corrected chi connectivity index (χ2v) is 6.83. The van der Waals surface area contributed by atoms with Gasteiger partial charge >= 0.3 is 0 Å². The summed E-state index contributed by atoms with van der Waals surface area (Å²) in [6, 6.07) is 12.5. The minimum Gasteiger partial charge on any atom is -0.494 e. The van der Waals surface area contributed by atoms with Gasteiger partial charge in [-0.25, -0.2) is 0 Å². The zero-order valence-corrected chi connectivity index (χ0v) is 16.6. The number of ether oxygens (including phenoxy) is 1. The lowest BCUT2D eigenvalue weighted by Crippen LogP contribution is -2.32. The van der Waals surface area contributed by atoms with Crippen molar-refractivity contribution in [1.82, 2.24) is 5.32 Å². The average molecular weight is 419 g/mol. The Labute approximate surface area is 162 Å². The van der Waals surface area contributed by atoms with Gasteiger partial charge in [-0.05, 0) is 61.4 Å². The highest BCUT2D eigenvalue weighted by Gasteiger charge is 2.09. The van der Waals surface area contributed by atoms with E-state index < -0.39 is 0 Å². The normalized spacial score (nSPS) is 10.3. The van der Waals surface area contributed by atoms with Crippen LogP contribution in [0.5, 0.6) is 5.75 Å². The minimum atomic E-state index is -0.298. The van der Waals surface area contributed by atoms with Crippen molar-refractivity contribution in [3.8, 4) is 5.75 Å². The number of unbranched alkanes of at least 4 members (excludes halogenated alkanes) is 1. The van der Waals surface area contributed by atoms with Crippen LogP contribution in [0, 0.1) is 6.92 Å². The minimum absolute atomic E-state index is 0.0942. The van der Waals surface area contributed by atoms with E-state index in [1.54, 1.807) is 24.3 Å². The molecule has 0 heterocycles. The molecule has 26 heavy (non-hydrogen) atoms. The molecule has 5 nitrogen and oxygen atoms in total. The molecule has 138 valence electrons. The molecule has 0 aliphatic carbocycles. The van der Waals surface area contributed by atoms with Crippen molar-refractivity contribution in [3.63, 3.8) is 0 Å². The summed E-state index contributed by atoms with van der Waals surface area (Å²) in [5.41, 5.74) is 2.15. The zero-order valence-electron chi connectivity index (χ0n) is 15.0. The fourth-order valence-electron chi connectivity index (χ4n) is 2.26. The van der Waals surface area contributed by atoms with E-state index in [0.717, 1.165) is 34.3 Å². The van der Waals surface area contributed by atoms with Gasteiger partial charge in [-0.1, -0.05) is 29.3 Å². The summed E-state index contributed by atoms with van der Waals surface area (Å²) in [7, 11) is 0. The molecule has 0 radical (unpaired) electrons. The molecule has 0 spiro atoms. The Morgan fingerprint density at radius 2 is 1.85 bits per heavy atom. The lowest BCUT2D eigenvalue weighted by molar-refractivity contribution is -0.115. The summed E-state index contributed by atoms with van der Waals surface area (Å²) in [6.45, 7) is 4.58. The number of anilines is 1. The summed E-state index contributed by atoms with van der Waals surface area (Å²) in [4.78, 5) is 24.2. The molecule has 0 atom stereocenters. The van der Waals surface area contributed by atoms with Crippen LogP contribution in [0.1, 0.15) is 35.7 Å². The quantitative estimate of drug-likeness (QED) is 0.627.